The molecule has 10 heavy (non-hydrogen) atoms. The molecule has 0 bridgehead atoms. The molecule has 62 valence electrons. The Kier molecular flexibility index (Phi) is 7.65. The van der Waals surface area contributed by atoms with Gasteiger partial charge in [0.2, 0.25) is 0 Å². The summed E-state index contributed by atoms with van der Waals surface area (Å²) in [6.45, 7) is 2.47. The molecule has 1 unspecified atom stereocenters. The highest BCUT2D eigenvalue weighted by atomic mass is 32.1. The third-order valence-electron chi connectivity index (χ3n) is 1.60. The molecule has 0 fully saturated rings. The van der Waals surface area contributed by atoms with Crippen molar-refractivity contribution in [3.05, 3.63) is 0 Å². The largest absolute Gasteiger partial charge is 0.396 e. The first-order valence-electron chi connectivity index (χ1n) is 4.10. The van der Waals surface area contributed by atoms with Crippen molar-refractivity contribution in [2.75, 3.05) is 6.61 Å². The lowest BCUT2D eigenvalue weighted by molar-refractivity contribution is 0.285. The van der Waals surface area contributed by atoms with Crippen LogP contribution in [0.3, 0.4) is 0 Å². The molecule has 1 atom stereocenters. The van der Waals surface area contributed by atoms with E-state index in [0.717, 1.165) is 12.8 Å². The normalized spacial score (nSPS) is 13.5. The quantitative estimate of drug-likeness (QED) is 0.453. The Hall–Kier alpha value is 0.310. The summed E-state index contributed by atoms with van der Waals surface area (Å²) in [4.78, 5) is 0. The van der Waals surface area contributed by atoms with E-state index in [-0.39, 0.29) is 6.61 Å². The van der Waals surface area contributed by atoms with Gasteiger partial charge in [-0.25, -0.2) is 0 Å². The molecule has 1 N–H and O–H groups in total. The molecule has 1 nitrogen and oxygen atoms in total. The maximum absolute atomic E-state index is 8.54. The van der Waals surface area contributed by atoms with Crippen molar-refractivity contribution in [3.8, 4) is 0 Å². The van der Waals surface area contributed by atoms with Crippen LogP contribution in [0.15, 0.2) is 0 Å². The molecule has 0 aromatic heterocycles. The van der Waals surface area contributed by atoms with Crippen LogP contribution in [0.4, 0.5) is 0 Å². The number of hydrogen-bond donors (Lipinski definition) is 2. The van der Waals surface area contributed by atoms with Gasteiger partial charge in [0.05, 0.1) is 0 Å². The highest BCUT2D eigenvalue weighted by Gasteiger charge is 1.99. The molecule has 0 saturated heterocycles. The second-order valence-corrected chi connectivity index (χ2v) is 3.39. The summed E-state index contributed by atoms with van der Waals surface area (Å²) in [6, 6.07) is 0. The Bertz CT molecular complexity index is 66.3. The van der Waals surface area contributed by atoms with E-state index in [9.17, 15) is 0 Å². The van der Waals surface area contributed by atoms with Crippen molar-refractivity contribution in [2.24, 2.45) is 0 Å². The average molecular weight is 162 g/mol. The summed E-state index contributed by atoms with van der Waals surface area (Å²) >= 11 is 4.32. The molecule has 0 aromatic rings. The van der Waals surface area contributed by atoms with Gasteiger partial charge in [0.25, 0.3) is 0 Å². The van der Waals surface area contributed by atoms with Crippen LogP contribution in [0.2, 0.25) is 0 Å². The first-order chi connectivity index (χ1) is 4.81. The zero-order valence-electron chi connectivity index (χ0n) is 6.71. The smallest absolute Gasteiger partial charge is 0.0441 e. The molecule has 0 rings (SSSR count). The summed E-state index contributed by atoms with van der Waals surface area (Å²) in [5.74, 6) is 0. The van der Waals surface area contributed by atoms with E-state index in [1.807, 2.05) is 0 Å². The Morgan fingerprint density at radius 1 is 1.30 bits per heavy atom. The minimum atomic E-state index is 0.278. The number of thiol groups is 1. The maximum Gasteiger partial charge on any atom is 0.0441 e. The molecule has 0 aliphatic rings. The van der Waals surface area contributed by atoms with Gasteiger partial charge in [-0.3, -0.25) is 0 Å². The Morgan fingerprint density at radius 3 is 2.50 bits per heavy atom. The van der Waals surface area contributed by atoms with Crippen molar-refractivity contribution >= 4 is 12.6 Å². The van der Waals surface area contributed by atoms with Crippen LogP contribution in [0.5, 0.6) is 0 Å². The molecule has 0 aliphatic heterocycles. The summed E-state index contributed by atoms with van der Waals surface area (Å²) in [6.07, 6.45) is 5.80. The highest BCUT2D eigenvalue weighted by Crippen LogP contribution is 2.10. The van der Waals surface area contributed by atoms with Crippen LogP contribution in [0.1, 0.15) is 39.0 Å². The lowest BCUT2D eigenvalue weighted by Gasteiger charge is -2.06. The van der Waals surface area contributed by atoms with E-state index in [2.05, 4.69) is 19.6 Å². The predicted molar refractivity (Wildman–Crippen MR) is 48.6 cm³/mol. The van der Waals surface area contributed by atoms with Gasteiger partial charge >= 0.3 is 0 Å². The molecular weight excluding hydrogens is 144 g/mol. The van der Waals surface area contributed by atoms with Crippen molar-refractivity contribution in [1.29, 1.82) is 0 Å². The monoisotopic (exact) mass is 162 g/mol. The van der Waals surface area contributed by atoms with Crippen LogP contribution in [-0.4, -0.2) is 17.0 Å². The van der Waals surface area contributed by atoms with Crippen LogP contribution in [0.25, 0.3) is 0 Å². The number of aliphatic hydroxyl groups is 1. The Labute approximate surface area is 69.2 Å². The van der Waals surface area contributed by atoms with Crippen LogP contribution in [0, 0.1) is 0 Å². The lowest BCUT2D eigenvalue weighted by Crippen LogP contribution is -2.01. The van der Waals surface area contributed by atoms with E-state index in [1.165, 1.54) is 19.3 Å². The fraction of sp³-hybridized carbons (Fsp3) is 1.00. The second kappa shape index (κ2) is 7.42. The number of aliphatic hydroxyl groups excluding tert-OH is 1. The third kappa shape index (κ3) is 6.43. The van der Waals surface area contributed by atoms with Crippen molar-refractivity contribution in [3.63, 3.8) is 0 Å². The van der Waals surface area contributed by atoms with Gasteiger partial charge in [-0.15, -0.1) is 0 Å². The summed E-state index contributed by atoms with van der Waals surface area (Å²) < 4.78 is 0. The van der Waals surface area contributed by atoms with Crippen molar-refractivity contribution in [1.82, 2.24) is 0 Å². The van der Waals surface area contributed by atoms with E-state index in [0.29, 0.717) is 5.25 Å². The minimum absolute atomic E-state index is 0.278. The second-order valence-electron chi connectivity index (χ2n) is 2.66. The molecular formula is C8H18OS. The molecule has 0 amide bonds. The first kappa shape index (κ1) is 10.3. The fourth-order valence-electron chi connectivity index (χ4n) is 0.923. The number of hydrogen-bond acceptors (Lipinski definition) is 2. The predicted octanol–water partition coefficient (Wildman–Crippen LogP) is 2.25. The van der Waals surface area contributed by atoms with E-state index in [4.69, 9.17) is 5.11 Å². The maximum atomic E-state index is 8.54. The SMILES string of the molecule is CCCCCC(S)CCO. The summed E-state index contributed by atoms with van der Waals surface area (Å²) in [7, 11) is 0. The van der Waals surface area contributed by atoms with Gasteiger partial charge in [0, 0.05) is 11.9 Å². The van der Waals surface area contributed by atoms with Gasteiger partial charge in [-0.1, -0.05) is 26.2 Å². The summed E-state index contributed by atoms with van der Waals surface area (Å²) in [5, 5.41) is 8.96. The molecule has 2 heteroatoms. The van der Waals surface area contributed by atoms with Gasteiger partial charge in [-0.2, -0.15) is 12.6 Å². The van der Waals surface area contributed by atoms with E-state index >= 15 is 0 Å². The Balaban J connectivity index is 2.97. The summed E-state index contributed by atoms with van der Waals surface area (Å²) in [5.41, 5.74) is 0. The topological polar surface area (TPSA) is 20.2 Å². The molecule has 0 heterocycles. The van der Waals surface area contributed by atoms with Gasteiger partial charge in [0.15, 0.2) is 0 Å². The first-order valence-corrected chi connectivity index (χ1v) is 4.61. The van der Waals surface area contributed by atoms with Gasteiger partial charge in [-0.05, 0) is 12.8 Å². The van der Waals surface area contributed by atoms with E-state index in [1.54, 1.807) is 0 Å². The van der Waals surface area contributed by atoms with E-state index < -0.39 is 0 Å². The van der Waals surface area contributed by atoms with Gasteiger partial charge in [0.1, 0.15) is 0 Å². The number of rotatable bonds is 6. The molecule has 0 saturated carbocycles. The van der Waals surface area contributed by atoms with Crippen molar-refractivity contribution in [2.45, 2.75) is 44.3 Å². The minimum Gasteiger partial charge on any atom is -0.396 e. The zero-order chi connectivity index (χ0) is 7.82. The highest BCUT2D eigenvalue weighted by molar-refractivity contribution is 7.80. The third-order valence-corrected chi connectivity index (χ3v) is 2.12. The van der Waals surface area contributed by atoms with Crippen molar-refractivity contribution < 1.29 is 5.11 Å². The number of unbranched alkanes of at least 4 members (excludes halogenated alkanes) is 2. The Morgan fingerprint density at radius 2 is 2.00 bits per heavy atom. The van der Waals surface area contributed by atoms with Crippen LogP contribution >= 0.6 is 12.6 Å². The van der Waals surface area contributed by atoms with Gasteiger partial charge < -0.3 is 5.11 Å². The molecule has 0 radical (unpaired) electrons. The molecule has 0 aromatic carbocycles. The van der Waals surface area contributed by atoms with Crippen LogP contribution in [-0.2, 0) is 0 Å². The average Bonchev–Trinajstić information content (AvgIpc) is 1.89. The molecule has 0 spiro atoms. The molecule has 0 aliphatic carbocycles. The zero-order valence-corrected chi connectivity index (χ0v) is 7.61. The fourth-order valence-corrected chi connectivity index (χ4v) is 1.22. The standard InChI is InChI=1S/C8H18OS/c1-2-3-4-5-8(10)6-7-9/h8-10H,2-7H2,1H3. The lowest BCUT2D eigenvalue weighted by atomic mass is 10.1. The van der Waals surface area contributed by atoms with Crippen LogP contribution < -0.4 is 0 Å².